The lowest BCUT2D eigenvalue weighted by Crippen LogP contribution is -2.18. The molecule has 2 nitrogen and oxygen atoms in total. The summed E-state index contributed by atoms with van der Waals surface area (Å²) in [7, 11) is 0. The summed E-state index contributed by atoms with van der Waals surface area (Å²) < 4.78 is 5.61. The highest BCUT2D eigenvalue weighted by Gasteiger charge is 2.19. The molecule has 1 fully saturated rings. The third kappa shape index (κ3) is 2.83. The maximum absolute atomic E-state index is 6.19. The van der Waals surface area contributed by atoms with Crippen molar-refractivity contribution in [1.29, 1.82) is 0 Å². The molecule has 0 aliphatic carbocycles. The van der Waals surface area contributed by atoms with Gasteiger partial charge < -0.3 is 10.5 Å². The van der Waals surface area contributed by atoms with E-state index in [2.05, 4.69) is 31.2 Å². The summed E-state index contributed by atoms with van der Waals surface area (Å²) in [4.78, 5) is 0. The van der Waals surface area contributed by atoms with Crippen molar-refractivity contribution in [3.63, 3.8) is 0 Å². The molecule has 2 atom stereocenters. The Balaban J connectivity index is 1.94. The van der Waals surface area contributed by atoms with E-state index in [1.165, 1.54) is 24.0 Å². The van der Waals surface area contributed by atoms with Gasteiger partial charge in [0.2, 0.25) is 0 Å². The molecule has 0 bridgehead atoms. The van der Waals surface area contributed by atoms with Crippen LogP contribution in [-0.4, -0.2) is 12.7 Å². The summed E-state index contributed by atoms with van der Waals surface area (Å²) in [5.41, 5.74) is 8.78. The van der Waals surface area contributed by atoms with Crippen molar-refractivity contribution in [2.75, 3.05) is 6.61 Å². The first-order valence-corrected chi connectivity index (χ1v) is 6.25. The minimum Gasteiger partial charge on any atom is -0.378 e. The van der Waals surface area contributed by atoms with Crippen LogP contribution in [-0.2, 0) is 11.2 Å². The summed E-state index contributed by atoms with van der Waals surface area (Å²) in [6.45, 7) is 3.08. The van der Waals surface area contributed by atoms with Crippen LogP contribution in [0.15, 0.2) is 24.3 Å². The van der Waals surface area contributed by atoms with Crippen molar-refractivity contribution in [2.24, 2.45) is 5.73 Å². The Morgan fingerprint density at radius 3 is 2.69 bits per heavy atom. The van der Waals surface area contributed by atoms with Gasteiger partial charge in [-0.3, -0.25) is 0 Å². The third-order valence-corrected chi connectivity index (χ3v) is 3.36. The van der Waals surface area contributed by atoms with E-state index in [0.717, 1.165) is 19.4 Å². The highest BCUT2D eigenvalue weighted by atomic mass is 16.5. The average Bonchev–Trinajstić information content (AvgIpc) is 2.82. The Hall–Kier alpha value is -0.860. The van der Waals surface area contributed by atoms with E-state index in [1.807, 2.05) is 0 Å². The smallest absolute Gasteiger partial charge is 0.0594 e. The molecule has 0 amide bonds. The van der Waals surface area contributed by atoms with Gasteiger partial charge in [-0.05, 0) is 36.8 Å². The van der Waals surface area contributed by atoms with Gasteiger partial charge in [-0.2, -0.15) is 0 Å². The van der Waals surface area contributed by atoms with Crippen molar-refractivity contribution < 1.29 is 4.74 Å². The molecule has 0 radical (unpaired) electrons. The van der Waals surface area contributed by atoms with Crippen LogP contribution in [0.3, 0.4) is 0 Å². The molecule has 1 heterocycles. The van der Waals surface area contributed by atoms with E-state index in [1.54, 1.807) is 0 Å². The van der Waals surface area contributed by atoms with Gasteiger partial charge in [0.05, 0.1) is 6.10 Å². The second-order valence-electron chi connectivity index (χ2n) is 4.57. The van der Waals surface area contributed by atoms with Crippen LogP contribution < -0.4 is 5.73 Å². The van der Waals surface area contributed by atoms with Crippen molar-refractivity contribution in [3.05, 3.63) is 35.4 Å². The molecule has 2 unspecified atom stereocenters. The lowest BCUT2D eigenvalue weighted by atomic mass is 9.99. The number of nitrogens with two attached hydrogens (primary N) is 1. The zero-order chi connectivity index (χ0) is 11.4. The molecular weight excluding hydrogens is 198 g/mol. The van der Waals surface area contributed by atoms with Gasteiger partial charge >= 0.3 is 0 Å². The maximum Gasteiger partial charge on any atom is 0.0594 e. The van der Waals surface area contributed by atoms with E-state index in [-0.39, 0.29) is 6.04 Å². The topological polar surface area (TPSA) is 35.2 Å². The lowest BCUT2D eigenvalue weighted by Gasteiger charge is -2.16. The quantitative estimate of drug-likeness (QED) is 0.845. The normalized spacial score (nSPS) is 22.2. The van der Waals surface area contributed by atoms with Crippen molar-refractivity contribution >= 4 is 0 Å². The van der Waals surface area contributed by atoms with Gasteiger partial charge in [0.1, 0.15) is 0 Å². The number of hydrogen-bond acceptors (Lipinski definition) is 2. The van der Waals surface area contributed by atoms with Crippen LogP contribution in [0.1, 0.15) is 43.4 Å². The lowest BCUT2D eigenvalue weighted by molar-refractivity contribution is 0.0983. The van der Waals surface area contributed by atoms with Gasteiger partial charge in [-0.25, -0.2) is 0 Å². The molecule has 2 rings (SSSR count). The largest absolute Gasteiger partial charge is 0.378 e. The summed E-state index contributed by atoms with van der Waals surface area (Å²) >= 11 is 0. The monoisotopic (exact) mass is 219 g/mol. The molecule has 2 N–H and O–H groups in total. The van der Waals surface area contributed by atoms with Crippen LogP contribution in [0.5, 0.6) is 0 Å². The second kappa shape index (κ2) is 5.46. The average molecular weight is 219 g/mol. The van der Waals surface area contributed by atoms with Gasteiger partial charge in [0.15, 0.2) is 0 Å². The van der Waals surface area contributed by atoms with E-state index < -0.39 is 0 Å². The molecule has 1 aromatic carbocycles. The van der Waals surface area contributed by atoms with Gasteiger partial charge in [-0.1, -0.05) is 31.2 Å². The minimum atomic E-state index is 0.119. The van der Waals surface area contributed by atoms with Crippen LogP contribution in [0.4, 0.5) is 0 Å². The Labute approximate surface area is 97.8 Å². The summed E-state index contributed by atoms with van der Waals surface area (Å²) in [6.07, 6.45) is 4.76. The Morgan fingerprint density at radius 2 is 2.12 bits per heavy atom. The highest BCUT2D eigenvalue weighted by molar-refractivity contribution is 5.24. The van der Waals surface area contributed by atoms with Gasteiger partial charge in [0.25, 0.3) is 0 Å². The molecule has 2 heteroatoms. The predicted molar refractivity (Wildman–Crippen MR) is 66.3 cm³/mol. The van der Waals surface area contributed by atoms with Crippen LogP contribution in [0.25, 0.3) is 0 Å². The number of aryl methyl sites for hydroxylation is 1. The third-order valence-electron chi connectivity index (χ3n) is 3.36. The second-order valence-corrected chi connectivity index (χ2v) is 4.57. The van der Waals surface area contributed by atoms with Crippen LogP contribution in [0, 0.1) is 0 Å². The van der Waals surface area contributed by atoms with Crippen LogP contribution >= 0.6 is 0 Å². The number of hydrogen-bond donors (Lipinski definition) is 1. The molecule has 88 valence electrons. The van der Waals surface area contributed by atoms with Crippen molar-refractivity contribution in [2.45, 2.75) is 44.8 Å². The molecule has 1 aliphatic rings. The molecular formula is C14H21NO. The summed E-state index contributed by atoms with van der Waals surface area (Å²) in [6, 6.07) is 8.76. The predicted octanol–water partition coefficient (Wildman–Crippen LogP) is 2.82. The highest BCUT2D eigenvalue weighted by Crippen LogP contribution is 2.23. The molecule has 0 aromatic heterocycles. The fraction of sp³-hybridized carbons (Fsp3) is 0.571. The number of ether oxygens (including phenoxy) is 1. The molecule has 1 aliphatic heterocycles. The molecule has 1 saturated heterocycles. The fourth-order valence-corrected chi connectivity index (χ4v) is 2.25. The summed E-state index contributed by atoms with van der Waals surface area (Å²) in [5.74, 6) is 0. The number of benzene rings is 1. The Kier molecular flexibility index (Phi) is 3.97. The van der Waals surface area contributed by atoms with Crippen molar-refractivity contribution in [1.82, 2.24) is 0 Å². The Morgan fingerprint density at radius 1 is 1.38 bits per heavy atom. The first kappa shape index (κ1) is 11.6. The number of rotatable bonds is 4. The molecule has 16 heavy (non-hydrogen) atoms. The first-order valence-electron chi connectivity index (χ1n) is 6.25. The van der Waals surface area contributed by atoms with Gasteiger partial charge in [0, 0.05) is 12.6 Å². The molecule has 0 spiro atoms. The standard InChI is InChI=1S/C14H21NO/c1-2-11-5-7-12(8-6-11)14(15)10-13-4-3-9-16-13/h5-8,13-14H,2-4,9-10,15H2,1H3. The van der Waals surface area contributed by atoms with Crippen LogP contribution in [0.2, 0.25) is 0 Å². The molecule has 1 aromatic rings. The van der Waals surface area contributed by atoms with Gasteiger partial charge in [-0.15, -0.1) is 0 Å². The summed E-state index contributed by atoms with van der Waals surface area (Å²) in [5, 5.41) is 0. The Bertz CT molecular complexity index is 314. The van der Waals surface area contributed by atoms with E-state index in [9.17, 15) is 0 Å². The van der Waals surface area contributed by atoms with Crippen molar-refractivity contribution in [3.8, 4) is 0 Å². The zero-order valence-corrected chi connectivity index (χ0v) is 9.99. The van der Waals surface area contributed by atoms with E-state index in [4.69, 9.17) is 10.5 Å². The SMILES string of the molecule is CCc1ccc(C(N)CC2CCCO2)cc1. The maximum atomic E-state index is 6.19. The first-order chi connectivity index (χ1) is 7.79. The van der Waals surface area contributed by atoms with E-state index >= 15 is 0 Å². The minimum absolute atomic E-state index is 0.119. The van der Waals surface area contributed by atoms with E-state index in [0.29, 0.717) is 6.10 Å². The molecule has 0 saturated carbocycles. The zero-order valence-electron chi connectivity index (χ0n) is 9.99. The fourth-order valence-electron chi connectivity index (χ4n) is 2.25.